The van der Waals surface area contributed by atoms with Gasteiger partial charge in [-0.2, -0.15) is 0 Å². The maximum atomic E-state index is 13.0. The van der Waals surface area contributed by atoms with E-state index < -0.39 is 47.4 Å². The molecule has 2 amide bonds. The van der Waals surface area contributed by atoms with Crippen molar-refractivity contribution in [3.63, 3.8) is 0 Å². The van der Waals surface area contributed by atoms with Crippen LogP contribution in [0, 0.1) is 0 Å². The van der Waals surface area contributed by atoms with E-state index in [-0.39, 0.29) is 19.0 Å². The number of rotatable bonds is 3. The second-order valence-corrected chi connectivity index (χ2v) is 11.5. The Balaban J connectivity index is 1.88. The molecule has 10 heteroatoms. The van der Waals surface area contributed by atoms with E-state index in [9.17, 15) is 19.2 Å². The Morgan fingerprint density at radius 2 is 1.32 bits per heavy atom. The SMILES string of the molecule is COC(=O)C1Cc2ccc(C3CC(C(=O)OC)N(C(=O)OC(C)(C)C)C3)cc2CN1C(=O)OC(C)(C)C. The monoisotopic (exact) mass is 518 g/mol. The zero-order valence-electron chi connectivity index (χ0n) is 23.0. The van der Waals surface area contributed by atoms with Crippen molar-refractivity contribution in [2.24, 2.45) is 0 Å². The Morgan fingerprint density at radius 1 is 0.784 bits per heavy atom. The van der Waals surface area contributed by atoms with Gasteiger partial charge < -0.3 is 18.9 Å². The number of ether oxygens (including phenoxy) is 4. The minimum atomic E-state index is -0.795. The highest BCUT2D eigenvalue weighted by atomic mass is 16.6. The summed E-state index contributed by atoms with van der Waals surface area (Å²) in [5, 5.41) is 0. The van der Waals surface area contributed by atoms with Gasteiger partial charge in [-0.05, 0) is 64.7 Å². The molecule has 3 atom stereocenters. The first kappa shape index (κ1) is 28.3. The van der Waals surface area contributed by atoms with E-state index >= 15 is 0 Å². The molecule has 1 aromatic rings. The third-order valence-corrected chi connectivity index (χ3v) is 6.34. The maximum Gasteiger partial charge on any atom is 0.411 e. The van der Waals surface area contributed by atoms with Crippen LogP contribution in [0.25, 0.3) is 0 Å². The molecule has 0 saturated carbocycles. The molecule has 0 aromatic heterocycles. The number of fused-ring (bicyclic) bond motifs is 1. The lowest BCUT2D eigenvalue weighted by atomic mass is 9.88. The molecule has 2 aliphatic rings. The number of likely N-dealkylation sites (tertiary alicyclic amines) is 1. The predicted octanol–water partition coefficient (Wildman–Crippen LogP) is 3.79. The van der Waals surface area contributed by atoms with Crippen LogP contribution in [-0.2, 0) is 41.5 Å². The Labute approximate surface area is 218 Å². The highest BCUT2D eigenvalue weighted by Crippen LogP contribution is 2.36. The Hall–Kier alpha value is -3.30. The van der Waals surface area contributed by atoms with Crippen molar-refractivity contribution in [2.45, 2.75) is 90.1 Å². The minimum Gasteiger partial charge on any atom is -0.467 e. The molecule has 0 spiro atoms. The summed E-state index contributed by atoms with van der Waals surface area (Å²) in [4.78, 5) is 53.6. The van der Waals surface area contributed by atoms with Gasteiger partial charge in [-0.25, -0.2) is 19.2 Å². The molecule has 2 aliphatic heterocycles. The smallest absolute Gasteiger partial charge is 0.411 e. The summed E-state index contributed by atoms with van der Waals surface area (Å²) >= 11 is 0. The van der Waals surface area contributed by atoms with Crippen molar-refractivity contribution >= 4 is 24.1 Å². The average Bonchev–Trinajstić information content (AvgIpc) is 3.25. The summed E-state index contributed by atoms with van der Waals surface area (Å²) in [6, 6.07) is 4.28. The quantitative estimate of drug-likeness (QED) is 0.439. The largest absolute Gasteiger partial charge is 0.467 e. The third kappa shape index (κ3) is 6.72. The summed E-state index contributed by atoms with van der Waals surface area (Å²) in [6.07, 6.45) is -0.492. The highest BCUT2D eigenvalue weighted by Gasteiger charge is 2.43. The van der Waals surface area contributed by atoms with Crippen LogP contribution in [0.3, 0.4) is 0 Å². The summed E-state index contributed by atoms with van der Waals surface area (Å²) in [5.41, 5.74) is 1.28. The lowest BCUT2D eigenvalue weighted by Gasteiger charge is -2.36. The van der Waals surface area contributed by atoms with E-state index in [1.165, 1.54) is 24.0 Å². The molecule has 10 nitrogen and oxygen atoms in total. The molecular formula is C27H38N2O8. The van der Waals surface area contributed by atoms with Crippen molar-refractivity contribution in [2.75, 3.05) is 20.8 Å². The van der Waals surface area contributed by atoms with Gasteiger partial charge in [-0.3, -0.25) is 9.80 Å². The standard InChI is InChI=1S/C27H38N2O8/c1-26(2,3)36-24(32)28-14-18-11-16(9-10-17(18)12-20(28)22(30)34-7)19-13-21(23(31)35-8)29(15-19)25(33)37-27(4,5)6/h9-11,19-21H,12-15H2,1-8H3. The highest BCUT2D eigenvalue weighted by molar-refractivity contribution is 5.83. The number of methoxy groups -OCH3 is 2. The molecular weight excluding hydrogens is 480 g/mol. The van der Waals surface area contributed by atoms with Gasteiger partial charge in [-0.1, -0.05) is 18.2 Å². The van der Waals surface area contributed by atoms with Gasteiger partial charge in [0, 0.05) is 18.9 Å². The lowest BCUT2D eigenvalue weighted by molar-refractivity contribution is -0.147. The van der Waals surface area contributed by atoms with Crippen LogP contribution >= 0.6 is 0 Å². The number of hydrogen-bond acceptors (Lipinski definition) is 8. The van der Waals surface area contributed by atoms with E-state index in [0.29, 0.717) is 12.8 Å². The Kier molecular flexibility index (Phi) is 8.09. The topological polar surface area (TPSA) is 112 Å². The van der Waals surface area contributed by atoms with Crippen LogP contribution in [-0.4, -0.2) is 78.0 Å². The van der Waals surface area contributed by atoms with Gasteiger partial charge in [0.2, 0.25) is 0 Å². The number of esters is 2. The van der Waals surface area contributed by atoms with Gasteiger partial charge in [0.15, 0.2) is 0 Å². The van der Waals surface area contributed by atoms with Crippen LogP contribution in [0.2, 0.25) is 0 Å². The zero-order chi connectivity index (χ0) is 27.7. The van der Waals surface area contributed by atoms with Crippen molar-refractivity contribution in [3.05, 3.63) is 34.9 Å². The van der Waals surface area contributed by atoms with Crippen LogP contribution in [0.1, 0.15) is 70.6 Å². The molecule has 1 fully saturated rings. The number of carbonyl (C=O) groups is 4. The Morgan fingerprint density at radius 3 is 1.86 bits per heavy atom. The second-order valence-electron chi connectivity index (χ2n) is 11.5. The molecule has 0 N–H and O–H groups in total. The summed E-state index contributed by atoms with van der Waals surface area (Å²) < 4.78 is 21.0. The normalized spacial score (nSPS) is 21.7. The second kappa shape index (κ2) is 10.6. The van der Waals surface area contributed by atoms with Crippen LogP contribution in [0.15, 0.2) is 18.2 Å². The zero-order valence-corrected chi connectivity index (χ0v) is 23.0. The first-order chi connectivity index (χ1) is 17.1. The summed E-state index contributed by atoms with van der Waals surface area (Å²) in [6.45, 7) is 11.1. The molecule has 204 valence electrons. The fraction of sp³-hybridized carbons (Fsp3) is 0.630. The van der Waals surface area contributed by atoms with E-state index in [4.69, 9.17) is 18.9 Å². The van der Waals surface area contributed by atoms with E-state index in [1.54, 1.807) is 41.5 Å². The molecule has 0 bridgehead atoms. The third-order valence-electron chi connectivity index (χ3n) is 6.34. The van der Waals surface area contributed by atoms with Gasteiger partial charge >= 0.3 is 24.1 Å². The van der Waals surface area contributed by atoms with Gasteiger partial charge in [0.25, 0.3) is 0 Å². The molecule has 2 heterocycles. The van der Waals surface area contributed by atoms with E-state index in [2.05, 4.69) is 0 Å². The predicted molar refractivity (Wildman–Crippen MR) is 134 cm³/mol. The molecule has 0 radical (unpaired) electrons. The van der Waals surface area contributed by atoms with Crippen molar-refractivity contribution in [3.8, 4) is 0 Å². The summed E-state index contributed by atoms with van der Waals surface area (Å²) in [5.74, 6) is -1.15. The first-order valence-corrected chi connectivity index (χ1v) is 12.4. The molecule has 0 aliphatic carbocycles. The molecule has 37 heavy (non-hydrogen) atoms. The molecule has 3 unspecified atom stereocenters. The molecule has 1 aromatic carbocycles. The first-order valence-electron chi connectivity index (χ1n) is 12.4. The molecule has 1 saturated heterocycles. The van der Waals surface area contributed by atoms with Crippen molar-refractivity contribution in [1.29, 1.82) is 0 Å². The number of benzene rings is 1. The fourth-order valence-corrected chi connectivity index (χ4v) is 4.68. The average molecular weight is 519 g/mol. The van der Waals surface area contributed by atoms with Crippen molar-refractivity contribution in [1.82, 2.24) is 9.80 Å². The van der Waals surface area contributed by atoms with E-state index in [0.717, 1.165) is 16.7 Å². The number of carbonyl (C=O) groups excluding carboxylic acids is 4. The Bertz CT molecular complexity index is 1060. The molecule has 3 rings (SSSR count). The van der Waals surface area contributed by atoms with Gasteiger partial charge in [0.1, 0.15) is 23.3 Å². The van der Waals surface area contributed by atoms with Crippen LogP contribution < -0.4 is 0 Å². The maximum absolute atomic E-state index is 13.0. The van der Waals surface area contributed by atoms with E-state index in [1.807, 2.05) is 18.2 Å². The number of hydrogen-bond donors (Lipinski definition) is 0. The number of amides is 2. The fourth-order valence-electron chi connectivity index (χ4n) is 4.68. The minimum absolute atomic E-state index is 0.143. The van der Waals surface area contributed by atoms with Gasteiger partial charge in [-0.15, -0.1) is 0 Å². The van der Waals surface area contributed by atoms with Crippen LogP contribution in [0.5, 0.6) is 0 Å². The summed E-state index contributed by atoms with van der Waals surface area (Å²) in [7, 11) is 2.59. The van der Waals surface area contributed by atoms with Crippen molar-refractivity contribution < 1.29 is 38.1 Å². The lowest BCUT2D eigenvalue weighted by Crippen LogP contribution is -2.50. The number of nitrogens with zero attached hydrogens (tertiary/aromatic N) is 2. The van der Waals surface area contributed by atoms with Gasteiger partial charge in [0.05, 0.1) is 20.8 Å². The van der Waals surface area contributed by atoms with Crippen LogP contribution in [0.4, 0.5) is 9.59 Å².